The number of nitrogens with one attached hydrogen (secondary N) is 1. The number of methoxy groups -OCH3 is 2. The topological polar surface area (TPSA) is 69.2 Å². The van der Waals surface area contributed by atoms with Crippen LogP contribution in [0.4, 0.5) is 0 Å². The summed E-state index contributed by atoms with van der Waals surface area (Å²) >= 11 is 0. The second kappa shape index (κ2) is 8.33. The first-order chi connectivity index (χ1) is 13.5. The molecular formula is C22H26N2O4. The molecule has 2 unspecified atom stereocenters. The average molecular weight is 382 g/mol. The molecule has 28 heavy (non-hydrogen) atoms. The van der Waals surface area contributed by atoms with E-state index < -0.39 is 5.60 Å². The van der Waals surface area contributed by atoms with Gasteiger partial charge in [0.25, 0.3) is 5.91 Å². The lowest BCUT2D eigenvalue weighted by Crippen LogP contribution is -2.46. The summed E-state index contributed by atoms with van der Waals surface area (Å²) in [6.07, 6.45) is 1.17. The van der Waals surface area contributed by atoms with Crippen molar-refractivity contribution in [2.45, 2.75) is 38.3 Å². The lowest BCUT2D eigenvalue weighted by molar-refractivity contribution is -0.142. The highest BCUT2D eigenvalue weighted by molar-refractivity contribution is 6.05. The Kier molecular flexibility index (Phi) is 5.87. The van der Waals surface area contributed by atoms with Crippen LogP contribution in [-0.2, 0) is 9.63 Å². The van der Waals surface area contributed by atoms with Crippen molar-refractivity contribution in [3.8, 4) is 11.5 Å². The maximum absolute atomic E-state index is 13.0. The second-order valence-electron chi connectivity index (χ2n) is 6.97. The van der Waals surface area contributed by atoms with Gasteiger partial charge in [-0.1, -0.05) is 24.2 Å². The van der Waals surface area contributed by atoms with Gasteiger partial charge in [0.15, 0.2) is 0 Å². The number of hydrogen-bond acceptors (Lipinski definition) is 5. The van der Waals surface area contributed by atoms with Gasteiger partial charge >= 0.3 is 0 Å². The average Bonchev–Trinajstić information content (AvgIpc) is 3.15. The highest BCUT2D eigenvalue weighted by Crippen LogP contribution is 2.29. The van der Waals surface area contributed by atoms with Gasteiger partial charge < -0.3 is 19.6 Å². The normalized spacial score (nSPS) is 19.4. The molecule has 6 nitrogen and oxygen atoms in total. The molecule has 0 saturated heterocycles. The summed E-state index contributed by atoms with van der Waals surface area (Å²) in [6.45, 7) is 3.80. The Labute approximate surface area is 165 Å². The van der Waals surface area contributed by atoms with E-state index in [4.69, 9.17) is 14.3 Å². The summed E-state index contributed by atoms with van der Waals surface area (Å²) in [5.41, 5.74) is 1.65. The number of nitrogens with zero attached hydrogens (tertiary/aromatic N) is 1. The van der Waals surface area contributed by atoms with E-state index in [2.05, 4.69) is 10.5 Å². The molecule has 148 valence electrons. The zero-order valence-corrected chi connectivity index (χ0v) is 16.7. The fourth-order valence-corrected chi connectivity index (χ4v) is 3.17. The third-order valence-corrected chi connectivity index (χ3v) is 5.00. The van der Waals surface area contributed by atoms with Crippen molar-refractivity contribution in [1.82, 2.24) is 5.32 Å². The lowest BCUT2D eigenvalue weighted by Gasteiger charge is -2.25. The van der Waals surface area contributed by atoms with Crippen LogP contribution in [0.25, 0.3) is 0 Å². The van der Waals surface area contributed by atoms with Crippen molar-refractivity contribution in [2.75, 3.05) is 14.2 Å². The summed E-state index contributed by atoms with van der Waals surface area (Å²) in [4.78, 5) is 18.5. The molecule has 3 rings (SSSR count). The third-order valence-electron chi connectivity index (χ3n) is 5.00. The second-order valence-corrected chi connectivity index (χ2v) is 6.97. The van der Waals surface area contributed by atoms with Crippen LogP contribution in [0.1, 0.15) is 43.9 Å². The molecule has 2 aromatic carbocycles. The van der Waals surface area contributed by atoms with Gasteiger partial charge in [-0.2, -0.15) is 0 Å². The van der Waals surface area contributed by atoms with Gasteiger partial charge in [0, 0.05) is 6.42 Å². The number of hydrogen-bond donors (Lipinski definition) is 1. The van der Waals surface area contributed by atoms with Crippen molar-refractivity contribution in [2.24, 2.45) is 5.16 Å². The Hall–Kier alpha value is -3.02. The smallest absolute Gasteiger partial charge is 0.267 e. The number of oxime groups is 1. The van der Waals surface area contributed by atoms with Crippen LogP contribution in [0.15, 0.2) is 53.7 Å². The van der Waals surface area contributed by atoms with Gasteiger partial charge in [-0.15, -0.1) is 0 Å². The molecule has 0 radical (unpaired) electrons. The van der Waals surface area contributed by atoms with E-state index in [1.807, 2.05) is 55.5 Å². The first-order valence-corrected chi connectivity index (χ1v) is 9.33. The molecule has 0 aliphatic carbocycles. The lowest BCUT2D eigenvalue weighted by atomic mass is 9.94. The molecule has 0 aromatic heterocycles. The Balaban J connectivity index is 1.67. The van der Waals surface area contributed by atoms with Gasteiger partial charge in [-0.25, -0.2) is 0 Å². The highest BCUT2D eigenvalue weighted by Gasteiger charge is 2.42. The Morgan fingerprint density at radius 1 is 1.11 bits per heavy atom. The number of carbonyl (C=O) groups excluding carboxylic acids is 1. The Morgan fingerprint density at radius 2 is 1.68 bits per heavy atom. The van der Waals surface area contributed by atoms with Crippen molar-refractivity contribution in [1.29, 1.82) is 0 Å². The van der Waals surface area contributed by atoms with Crippen LogP contribution in [0.3, 0.4) is 0 Å². The monoisotopic (exact) mass is 382 g/mol. The minimum absolute atomic E-state index is 0.108. The summed E-state index contributed by atoms with van der Waals surface area (Å²) in [6, 6.07) is 15.2. The number of carbonyl (C=O) groups is 1. The Morgan fingerprint density at radius 3 is 2.21 bits per heavy atom. The zero-order valence-electron chi connectivity index (χ0n) is 16.7. The molecule has 0 saturated carbocycles. The van der Waals surface area contributed by atoms with E-state index in [0.717, 1.165) is 34.8 Å². The minimum Gasteiger partial charge on any atom is -0.497 e. The van der Waals surface area contributed by atoms with Gasteiger partial charge in [0.2, 0.25) is 5.60 Å². The molecule has 0 bridgehead atoms. The van der Waals surface area contributed by atoms with E-state index in [1.54, 1.807) is 21.1 Å². The predicted molar refractivity (Wildman–Crippen MR) is 108 cm³/mol. The Bertz CT molecular complexity index is 846. The molecule has 1 aliphatic heterocycles. The summed E-state index contributed by atoms with van der Waals surface area (Å²) in [7, 11) is 3.26. The molecule has 1 aliphatic rings. The van der Waals surface area contributed by atoms with E-state index in [-0.39, 0.29) is 11.9 Å². The van der Waals surface area contributed by atoms with Crippen LogP contribution >= 0.6 is 0 Å². The molecule has 1 heterocycles. The van der Waals surface area contributed by atoms with Crippen LogP contribution in [0.5, 0.6) is 11.5 Å². The van der Waals surface area contributed by atoms with Crippen LogP contribution in [0, 0.1) is 0 Å². The van der Waals surface area contributed by atoms with Gasteiger partial charge in [-0.05, 0) is 60.9 Å². The summed E-state index contributed by atoms with van der Waals surface area (Å²) in [5.74, 6) is 1.38. The van der Waals surface area contributed by atoms with E-state index >= 15 is 0 Å². The first kappa shape index (κ1) is 19.7. The van der Waals surface area contributed by atoms with E-state index in [1.165, 1.54) is 0 Å². The molecule has 1 amide bonds. The van der Waals surface area contributed by atoms with Crippen molar-refractivity contribution < 1.29 is 19.1 Å². The molecular weight excluding hydrogens is 356 g/mol. The van der Waals surface area contributed by atoms with Crippen molar-refractivity contribution >= 4 is 11.6 Å². The van der Waals surface area contributed by atoms with E-state index in [9.17, 15) is 4.79 Å². The molecule has 0 fully saturated rings. The number of benzene rings is 2. The fraction of sp³-hybridized carbons (Fsp3) is 0.364. The maximum atomic E-state index is 13.0. The van der Waals surface area contributed by atoms with Gasteiger partial charge in [0.1, 0.15) is 11.5 Å². The highest BCUT2D eigenvalue weighted by atomic mass is 16.7. The third kappa shape index (κ3) is 4.11. The van der Waals surface area contributed by atoms with Crippen molar-refractivity contribution in [3.63, 3.8) is 0 Å². The van der Waals surface area contributed by atoms with Gasteiger partial charge in [0.05, 0.1) is 26.0 Å². The largest absolute Gasteiger partial charge is 0.497 e. The van der Waals surface area contributed by atoms with Crippen LogP contribution in [-0.4, -0.2) is 31.4 Å². The number of ether oxygens (including phenoxy) is 2. The summed E-state index contributed by atoms with van der Waals surface area (Å²) in [5, 5.41) is 7.26. The fourth-order valence-electron chi connectivity index (χ4n) is 3.17. The predicted octanol–water partition coefficient (Wildman–Crippen LogP) is 3.85. The molecule has 6 heteroatoms. The maximum Gasteiger partial charge on any atom is 0.267 e. The standard InChI is InChI=1S/C22H26N2O4/c1-5-19(15-6-10-17(26-3)11-7-15)23-21(25)22(2)14-20(24-28-22)16-8-12-18(27-4)13-9-16/h6-13,19H,5,14H2,1-4H3,(H,23,25). The molecule has 2 atom stereocenters. The number of rotatable bonds is 7. The van der Waals surface area contributed by atoms with Crippen molar-refractivity contribution in [3.05, 3.63) is 59.7 Å². The first-order valence-electron chi connectivity index (χ1n) is 9.33. The molecule has 2 aromatic rings. The SMILES string of the molecule is CCC(NC(=O)C1(C)CC(c2ccc(OC)cc2)=NO1)c1ccc(OC)cc1. The minimum atomic E-state index is -1.03. The number of amides is 1. The van der Waals surface area contributed by atoms with Gasteiger partial charge in [-0.3, -0.25) is 4.79 Å². The van der Waals surface area contributed by atoms with E-state index in [0.29, 0.717) is 6.42 Å². The zero-order chi connectivity index (χ0) is 20.1. The molecule has 1 N–H and O–H groups in total. The summed E-state index contributed by atoms with van der Waals surface area (Å²) < 4.78 is 10.4. The molecule has 0 spiro atoms. The van der Waals surface area contributed by atoms with Crippen LogP contribution < -0.4 is 14.8 Å². The van der Waals surface area contributed by atoms with Crippen LogP contribution in [0.2, 0.25) is 0 Å². The quantitative estimate of drug-likeness (QED) is 0.790.